The van der Waals surface area contributed by atoms with Crippen molar-refractivity contribution in [2.24, 2.45) is 0 Å². The summed E-state index contributed by atoms with van der Waals surface area (Å²) in [5, 5.41) is 12.9. The first-order valence-electron chi connectivity index (χ1n) is 9.44. The van der Waals surface area contributed by atoms with Crippen LogP contribution in [0.25, 0.3) is 0 Å². The third-order valence-corrected chi connectivity index (χ3v) is 4.76. The van der Waals surface area contributed by atoms with Gasteiger partial charge in [0.05, 0.1) is 17.4 Å². The van der Waals surface area contributed by atoms with E-state index in [1.165, 1.54) is 0 Å². The lowest BCUT2D eigenvalue weighted by atomic mass is 10.1. The Labute approximate surface area is 159 Å². The molecule has 0 saturated carbocycles. The van der Waals surface area contributed by atoms with Crippen molar-refractivity contribution in [1.82, 2.24) is 20.3 Å². The third kappa shape index (κ3) is 4.60. The molecule has 1 amide bonds. The summed E-state index contributed by atoms with van der Waals surface area (Å²) < 4.78 is 0. The molecule has 0 radical (unpaired) electrons. The van der Waals surface area contributed by atoms with Gasteiger partial charge in [-0.15, -0.1) is 0 Å². The van der Waals surface area contributed by atoms with E-state index in [-0.39, 0.29) is 17.9 Å². The number of aromatic nitrogens is 3. The van der Waals surface area contributed by atoms with Crippen molar-refractivity contribution in [2.45, 2.75) is 52.2 Å². The molecular formula is C20H27N5O2. The van der Waals surface area contributed by atoms with Gasteiger partial charge in [-0.1, -0.05) is 19.9 Å². The summed E-state index contributed by atoms with van der Waals surface area (Å²) in [5.41, 5.74) is 2.09. The van der Waals surface area contributed by atoms with E-state index in [2.05, 4.69) is 25.2 Å². The van der Waals surface area contributed by atoms with Gasteiger partial charge in [0, 0.05) is 43.5 Å². The lowest BCUT2D eigenvalue weighted by molar-refractivity contribution is 0.0949. The molecule has 0 spiro atoms. The van der Waals surface area contributed by atoms with Gasteiger partial charge in [0.15, 0.2) is 0 Å². The van der Waals surface area contributed by atoms with Crippen molar-refractivity contribution in [3.8, 4) is 0 Å². The second-order valence-corrected chi connectivity index (χ2v) is 7.29. The molecule has 7 heteroatoms. The number of aliphatic hydroxyl groups excluding tert-OH is 1. The first-order valence-corrected chi connectivity index (χ1v) is 9.44. The van der Waals surface area contributed by atoms with Crippen LogP contribution >= 0.6 is 0 Å². The minimum absolute atomic E-state index is 0.198. The van der Waals surface area contributed by atoms with Crippen LogP contribution < -0.4 is 10.2 Å². The standard InChI is InChI=1S/C20H27N5O2/c1-13(2)18-22-11-17(14(3)24-18)20(27)23-10-15-6-4-8-21-19(15)25-9-5-7-16(26)12-25/h4,6,8,11,13,16,26H,5,7,9-10,12H2,1-3H3,(H,23,27)/t16-/m1/s1. The molecule has 3 rings (SSSR count). The van der Waals surface area contributed by atoms with Gasteiger partial charge in [0.2, 0.25) is 0 Å². The number of anilines is 1. The molecule has 2 N–H and O–H groups in total. The van der Waals surface area contributed by atoms with Crippen LogP contribution in [0.15, 0.2) is 24.5 Å². The average Bonchev–Trinajstić information content (AvgIpc) is 2.66. The van der Waals surface area contributed by atoms with Crippen molar-refractivity contribution in [3.05, 3.63) is 47.2 Å². The lowest BCUT2D eigenvalue weighted by Gasteiger charge is -2.32. The third-order valence-electron chi connectivity index (χ3n) is 4.76. The van der Waals surface area contributed by atoms with Crippen LogP contribution in [0.2, 0.25) is 0 Å². The van der Waals surface area contributed by atoms with Gasteiger partial charge >= 0.3 is 0 Å². The van der Waals surface area contributed by atoms with Gasteiger partial charge in [-0.3, -0.25) is 4.79 Å². The highest BCUT2D eigenvalue weighted by molar-refractivity contribution is 5.94. The molecule has 3 heterocycles. The van der Waals surface area contributed by atoms with Crippen molar-refractivity contribution in [1.29, 1.82) is 0 Å². The Kier molecular flexibility index (Phi) is 6.01. The zero-order chi connectivity index (χ0) is 19.4. The van der Waals surface area contributed by atoms with Gasteiger partial charge < -0.3 is 15.3 Å². The fourth-order valence-corrected chi connectivity index (χ4v) is 3.26. The fourth-order valence-electron chi connectivity index (χ4n) is 3.26. The quantitative estimate of drug-likeness (QED) is 0.840. The molecule has 7 nitrogen and oxygen atoms in total. The largest absolute Gasteiger partial charge is 0.391 e. The molecule has 27 heavy (non-hydrogen) atoms. The van der Waals surface area contributed by atoms with Crippen molar-refractivity contribution in [2.75, 3.05) is 18.0 Å². The Balaban J connectivity index is 1.71. The molecule has 0 aromatic carbocycles. The predicted molar refractivity (Wildman–Crippen MR) is 104 cm³/mol. The second-order valence-electron chi connectivity index (χ2n) is 7.29. The van der Waals surface area contributed by atoms with E-state index in [1.54, 1.807) is 12.4 Å². The molecule has 2 aromatic heterocycles. The van der Waals surface area contributed by atoms with E-state index in [9.17, 15) is 9.90 Å². The number of hydrogen-bond acceptors (Lipinski definition) is 6. The zero-order valence-electron chi connectivity index (χ0n) is 16.1. The van der Waals surface area contributed by atoms with Gasteiger partial charge in [-0.2, -0.15) is 0 Å². The molecule has 1 aliphatic rings. The monoisotopic (exact) mass is 369 g/mol. The molecule has 1 fully saturated rings. The molecule has 0 aliphatic carbocycles. The van der Waals surface area contributed by atoms with Gasteiger partial charge in [-0.25, -0.2) is 15.0 Å². The zero-order valence-corrected chi connectivity index (χ0v) is 16.1. The Hall–Kier alpha value is -2.54. The first-order chi connectivity index (χ1) is 13.0. The number of carbonyl (C=O) groups is 1. The number of nitrogens with one attached hydrogen (secondary N) is 1. The smallest absolute Gasteiger partial charge is 0.254 e. The van der Waals surface area contributed by atoms with Gasteiger partial charge in [0.1, 0.15) is 11.6 Å². The number of aryl methyl sites for hydroxylation is 1. The summed E-state index contributed by atoms with van der Waals surface area (Å²) in [6.45, 7) is 7.67. The first kappa shape index (κ1) is 19.2. The number of amides is 1. The van der Waals surface area contributed by atoms with E-state index in [4.69, 9.17) is 0 Å². The molecule has 1 atom stereocenters. The highest BCUT2D eigenvalue weighted by atomic mass is 16.3. The highest BCUT2D eigenvalue weighted by Crippen LogP contribution is 2.22. The van der Waals surface area contributed by atoms with Crippen LogP contribution in [-0.4, -0.2) is 45.2 Å². The number of pyridine rings is 1. The van der Waals surface area contributed by atoms with E-state index >= 15 is 0 Å². The normalized spacial score (nSPS) is 17.2. The second kappa shape index (κ2) is 8.43. The minimum atomic E-state index is -0.331. The number of aliphatic hydroxyl groups is 1. The summed E-state index contributed by atoms with van der Waals surface area (Å²) in [4.78, 5) is 27.9. The van der Waals surface area contributed by atoms with Crippen molar-refractivity contribution < 1.29 is 9.90 Å². The van der Waals surface area contributed by atoms with Crippen LogP contribution in [0, 0.1) is 6.92 Å². The molecule has 0 bridgehead atoms. The molecule has 144 valence electrons. The summed E-state index contributed by atoms with van der Waals surface area (Å²) in [5.74, 6) is 1.58. The summed E-state index contributed by atoms with van der Waals surface area (Å²) in [7, 11) is 0. The van der Waals surface area contributed by atoms with E-state index in [0.29, 0.717) is 24.3 Å². The molecule has 1 aliphatic heterocycles. The number of rotatable bonds is 5. The number of carbonyl (C=O) groups excluding carboxylic acids is 1. The van der Waals surface area contributed by atoms with Crippen LogP contribution in [-0.2, 0) is 6.54 Å². The van der Waals surface area contributed by atoms with E-state index < -0.39 is 0 Å². The molecular weight excluding hydrogens is 342 g/mol. The summed E-state index contributed by atoms with van der Waals surface area (Å²) in [6, 6.07) is 3.81. The predicted octanol–water partition coefficient (Wildman–Crippen LogP) is 2.19. The Morgan fingerprint density at radius 2 is 2.22 bits per heavy atom. The number of piperidine rings is 1. The maximum absolute atomic E-state index is 12.6. The van der Waals surface area contributed by atoms with Crippen molar-refractivity contribution >= 4 is 11.7 Å². The van der Waals surface area contributed by atoms with Gasteiger partial charge in [0.25, 0.3) is 5.91 Å². The summed E-state index contributed by atoms with van der Waals surface area (Å²) in [6.07, 6.45) is 4.76. The molecule has 1 saturated heterocycles. The maximum Gasteiger partial charge on any atom is 0.254 e. The average molecular weight is 369 g/mol. The molecule has 0 unspecified atom stereocenters. The van der Waals surface area contributed by atoms with E-state index in [1.807, 2.05) is 32.9 Å². The van der Waals surface area contributed by atoms with Crippen LogP contribution in [0.4, 0.5) is 5.82 Å². The topological polar surface area (TPSA) is 91.2 Å². The Bertz CT molecular complexity index is 809. The van der Waals surface area contributed by atoms with E-state index in [0.717, 1.165) is 36.6 Å². The fraction of sp³-hybridized carbons (Fsp3) is 0.500. The van der Waals surface area contributed by atoms with Crippen LogP contribution in [0.3, 0.4) is 0 Å². The van der Waals surface area contributed by atoms with Crippen LogP contribution in [0.5, 0.6) is 0 Å². The van der Waals surface area contributed by atoms with Crippen LogP contribution in [0.1, 0.15) is 60.0 Å². The summed E-state index contributed by atoms with van der Waals surface area (Å²) >= 11 is 0. The molecule has 2 aromatic rings. The SMILES string of the molecule is Cc1nc(C(C)C)ncc1C(=O)NCc1cccnc1N1CCC[C@@H](O)C1. The Morgan fingerprint density at radius 3 is 2.93 bits per heavy atom. The lowest BCUT2D eigenvalue weighted by Crippen LogP contribution is -2.39. The van der Waals surface area contributed by atoms with Crippen molar-refractivity contribution in [3.63, 3.8) is 0 Å². The number of β-amino-alcohol motifs (C(OH)–C–C–N with tert-alkyl or cyclic N) is 1. The van der Waals surface area contributed by atoms with Gasteiger partial charge in [-0.05, 0) is 25.8 Å². The Morgan fingerprint density at radius 1 is 1.41 bits per heavy atom. The highest BCUT2D eigenvalue weighted by Gasteiger charge is 2.21. The maximum atomic E-state index is 12.6. The minimum Gasteiger partial charge on any atom is -0.391 e. The number of hydrogen-bond donors (Lipinski definition) is 2. The number of nitrogens with zero attached hydrogens (tertiary/aromatic N) is 4.